The van der Waals surface area contributed by atoms with Gasteiger partial charge in [0.1, 0.15) is 11.7 Å². The van der Waals surface area contributed by atoms with Gasteiger partial charge in [-0.05, 0) is 6.92 Å². The van der Waals surface area contributed by atoms with Crippen LogP contribution in [0.1, 0.15) is 28.8 Å². The lowest BCUT2D eigenvalue weighted by Crippen LogP contribution is -2.41. The highest BCUT2D eigenvalue weighted by molar-refractivity contribution is 5.97. The fourth-order valence-corrected chi connectivity index (χ4v) is 2.96. The van der Waals surface area contributed by atoms with Crippen molar-refractivity contribution in [1.29, 1.82) is 15.8 Å². The van der Waals surface area contributed by atoms with Crippen molar-refractivity contribution in [3.63, 3.8) is 0 Å². The number of aldehydes is 1. The van der Waals surface area contributed by atoms with Crippen LogP contribution in [-0.4, -0.2) is 12.1 Å². The highest BCUT2D eigenvalue weighted by Crippen LogP contribution is 2.55. The van der Waals surface area contributed by atoms with Crippen LogP contribution in [0.2, 0.25) is 0 Å². The van der Waals surface area contributed by atoms with E-state index in [0.717, 1.165) is 5.56 Å². The summed E-state index contributed by atoms with van der Waals surface area (Å²) < 4.78 is 0. The van der Waals surface area contributed by atoms with E-state index in [-0.39, 0.29) is 17.7 Å². The van der Waals surface area contributed by atoms with Gasteiger partial charge in [-0.15, -0.1) is 0 Å². The quantitative estimate of drug-likeness (QED) is 0.666. The summed E-state index contributed by atoms with van der Waals surface area (Å²) >= 11 is 0. The molecule has 118 valence electrons. The number of hydrogen-bond acceptors (Lipinski definition) is 6. The molecule has 24 heavy (non-hydrogen) atoms. The van der Waals surface area contributed by atoms with Gasteiger partial charge in [-0.25, -0.2) is 0 Å². The Hall–Kier alpha value is -3.43. The molecule has 1 aliphatic rings. The van der Waals surface area contributed by atoms with Crippen molar-refractivity contribution in [1.82, 2.24) is 0 Å². The normalized spacial score (nSPS) is 21.4. The molecular formula is C18H14N4O2. The monoisotopic (exact) mass is 318 g/mol. The van der Waals surface area contributed by atoms with Crippen molar-refractivity contribution in [3.05, 3.63) is 46.7 Å². The molecule has 0 unspecified atom stereocenters. The lowest BCUT2D eigenvalue weighted by atomic mass is 9.63. The van der Waals surface area contributed by atoms with Crippen LogP contribution in [0.15, 0.2) is 35.5 Å². The van der Waals surface area contributed by atoms with E-state index in [2.05, 4.69) is 0 Å². The molecule has 0 fully saturated rings. The van der Waals surface area contributed by atoms with Crippen LogP contribution in [0.3, 0.4) is 0 Å². The second-order valence-electron chi connectivity index (χ2n) is 5.85. The van der Waals surface area contributed by atoms with Gasteiger partial charge in [0.25, 0.3) is 0 Å². The third-order valence-corrected chi connectivity index (χ3v) is 4.50. The van der Waals surface area contributed by atoms with E-state index in [1.807, 2.05) is 25.1 Å². The van der Waals surface area contributed by atoms with Crippen molar-refractivity contribution in [2.24, 2.45) is 16.6 Å². The molecule has 1 atom stereocenters. The van der Waals surface area contributed by atoms with Gasteiger partial charge >= 0.3 is 0 Å². The number of benzene rings is 1. The van der Waals surface area contributed by atoms with Crippen molar-refractivity contribution < 1.29 is 9.59 Å². The fraction of sp³-hybridized carbons (Fsp3) is 0.278. The van der Waals surface area contributed by atoms with Crippen molar-refractivity contribution in [2.75, 3.05) is 0 Å². The zero-order valence-corrected chi connectivity index (χ0v) is 13.0. The van der Waals surface area contributed by atoms with Crippen LogP contribution < -0.4 is 5.73 Å². The van der Waals surface area contributed by atoms with E-state index in [1.165, 1.54) is 0 Å². The first-order valence-corrected chi connectivity index (χ1v) is 7.17. The van der Waals surface area contributed by atoms with Crippen LogP contribution >= 0.6 is 0 Å². The lowest BCUT2D eigenvalue weighted by Gasteiger charge is -2.31. The maximum absolute atomic E-state index is 12.6. The summed E-state index contributed by atoms with van der Waals surface area (Å²) in [5.74, 6) is -0.415. The molecule has 0 heterocycles. The lowest BCUT2D eigenvalue weighted by molar-refractivity contribution is -0.105. The number of carbonyl (C=O) groups is 2. The van der Waals surface area contributed by atoms with E-state index in [9.17, 15) is 25.4 Å². The molecule has 0 aromatic heterocycles. The maximum atomic E-state index is 12.6. The Kier molecular flexibility index (Phi) is 4.22. The molecule has 0 radical (unpaired) electrons. The number of nitrogens with zero attached hydrogens (tertiary/aromatic N) is 3. The number of allylic oxidation sites excluding steroid dienone is 2. The summed E-state index contributed by atoms with van der Waals surface area (Å²) in [7, 11) is 0. The van der Waals surface area contributed by atoms with Crippen LogP contribution in [-0.2, 0) is 4.79 Å². The van der Waals surface area contributed by atoms with Gasteiger partial charge in [-0.2, -0.15) is 15.8 Å². The predicted octanol–water partition coefficient (Wildman–Crippen LogP) is 1.93. The summed E-state index contributed by atoms with van der Waals surface area (Å²) in [6.45, 7) is 1.87. The van der Waals surface area contributed by atoms with Crippen LogP contribution in [0.4, 0.5) is 0 Å². The first-order valence-electron chi connectivity index (χ1n) is 7.17. The number of carbonyl (C=O) groups excluding carboxylic acids is 2. The summed E-state index contributed by atoms with van der Waals surface area (Å²) in [4.78, 5) is 23.8. The Bertz CT molecular complexity index is 848. The molecule has 2 N–H and O–H groups in total. The SMILES string of the molecule is Cc1ccc(C(=O)C[C@@]2(C#N)C(N)=C(C=O)CC2(C#N)C#N)cc1. The van der Waals surface area contributed by atoms with Gasteiger partial charge in [0.15, 0.2) is 11.2 Å². The molecule has 0 saturated carbocycles. The Morgan fingerprint density at radius 2 is 1.79 bits per heavy atom. The molecule has 0 bridgehead atoms. The average Bonchev–Trinajstić information content (AvgIpc) is 2.84. The van der Waals surface area contributed by atoms with E-state index >= 15 is 0 Å². The minimum Gasteiger partial charge on any atom is -0.400 e. The number of nitriles is 3. The zero-order valence-electron chi connectivity index (χ0n) is 13.0. The second kappa shape index (κ2) is 5.99. The Morgan fingerprint density at radius 1 is 1.21 bits per heavy atom. The van der Waals surface area contributed by atoms with Gasteiger partial charge in [0.2, 0.25) is 0 Å². The highest BCUT2D eigenvalue weighted by atomic mass is 16.1. The number of aryl methyl sites for hydroxylation is 1. The van der Waals surface area contributed by atoms with Crippen LogP contribution in [0.25, 0.3) is 0 Å². The van der Waals surface area contributed by atoms with Gasteiger partial charge < -0.3 is 5.73 Å². The summed E-state index contributed by atoms with van der Waals surface area (Å²) in [6, 6.07) is 12.2. The van der Waals surface area contributed by atoms with Crippen molar-refractivity contribution in [3.8, 4) is 18.2 Å². The summed E-state index contributed by atoms with van der Waals surface area (Å²) in [6.07, 6.45) is -0.255. The molecule has 2 rings (SSSR count). The number of Topliss-reactive ketones (excluding diaryl/α,β-unsaturated/α-hetero) is 1. The molecule has 1 aromatic rings. The topological polar surface area (TPSA) is 132 Å². The Morgan fingerprint density at radius 3 is 2.25 bits per heavy atom. The molecule has 6 heteroatoms. The maximum Gasteiger partial charge on any atom is 0.172 e. The second-order valence-corrected chi connectivity index (χ2v) is 5.85. The smallest absolute Gasteiger partial charge is 0.172 e. The molecule has 6 nitrogen and oxygen atoms in total. The number of hydrogen-bond donors (Lipinski definition) is 1. The minimum absolute atomic E-state index is 0.0244. The van der Waals surface area contributed by atoms with Gasteiger partial charge in [-0.1, -0.05) is 29.8 Å². The molecule has 1 aromatic carbocycles. The van der Waals surface area contributed by atoms with Crippen molar-refractivity contribution >= 4 is 12.1 Å². The average molecular weight is 318 g/mol. The first kappa shape index (κ1) is 16.9. The minimum atomic E-state index is -1.86. The van der Waals surface area contributed by atoms with E-state index in [4.69, 9.17) is 5.73 Å². The first-order chi connectivity index (χ1) is 11.4. The molecule has 0 amide bonds. The predicted molar refractivity (Wildman–Crippen MR) is 83.7 cm³/mol. The van der Waals surface area contributed by atoms with Crippen molar-refractivity contribution in [2.45, 2.75) is 19.8 Å². The highest BCUT2D eigenvalue weighted by Gasteiger charge is 2.61. The molecular weight excluding hydrogens is 304 g/mol. The summed E-state index contributed by atoms with van der Waals surface area (Å²) in [5.41, 5.74) is 3.41. The van der Waals surface area contributed by atoms with E-state index in [1.54, 1.807) is 24.3 Å². The standard InChI is InChI=1S/C18H14N4O2/c1-12-2-4-13(5-3-12)15(24)7-18(11-21)16(22)14(8-23)6-17(18,9-19)10-20/h2-5,8H,6-7,22H2,1H3/t18-/m1/s1. The van der Waals surface area contributed by atoms with E-state index in [0.29, 0.717) is 11.8 Å². The number of ketones is 1. The number of nitrogens with two attached hydrogens (primary N) is 1. The molecule has 0 aliphatic heterocycles. The van der Waals surface area contributed by atoms with E-state index < -0.39 is 23.0 Å². The largest absolute Gasteiger partial charge is 0.400 e. The zero-order chi connectivity index (χ0) is 18.0. The molecule has 0 spiro atoms. The Balaban J connectivity index is 2.55. The summed E-state index contributed by atoms with van der Waals surface area (Å²) in [5, 5.41) is 28.7. The van der Waals surface area contributed by atoms with Crippen LogP contribution in [0.5, 0.6) is 0 Å². The molecule has 0 saturated heterocycles. The van der Waals surface area contributed by atoms with Gasteiger partial charge in [0.05, 0.1) is 18.2 Å². The fourth-order valence-electron chi connectivity index (χ4n) is 2.96. The van der Waals surface area contributed by atoms with Gasteiger partial charge in [0, 0.05) is 29.7 Å². The number of rotatable bonds is 4. The molecule has 1 aliphatic carbocycles. The Labute approximate surface area is 139 Å². The van der Waals surface area contributed by atoms with Gasteiger partial charge in [-0.3, -0.25) is 9.59 Å². The third kappa shape index (κ3) is 2.24. The third-order valence-electron chi connectivity index (χ3n) is 4.50. The van der Waals surface area contributed by atoms with Crippen LogP contribution in [0, 0.1) is 51.7 Å².